The molecular formula is C15H22O3. The van der Waals surface area contributed by atoms with E-state index in [2.05, 4.69) is 32.9 Å². The Morgan fingerprint density at radius 3 is 1.94 bits per heavy atom. The summed E-state index contributed by atoms with van der Waals surface area (Å²) in [6.45, 7) is 9.14. The van der Waals surface area contributed by atoms with Crippen LogP contribution in [0.2, 0.25) is 0 Å². The zero-order chi connectivity index (χ0) is 14.3. The summed E-state index contributed by atoms with van der Waals surface area (Å²) in [6, 6.07) is 4.32. The lowest BCUT2D eigenvalue weighted by Crippen LogP contribution is -1.93. The van der Waals surface area contributed by atoms with Gasteiger partial charge in [-0.2, -0.15) is 0 Å². The Bertz CT molecular complexity index is 404. The summed E-state index contributed by atoms with van der Waals surface area (Å²) in [5.41, 5.74) is 5.03. The van der Waals surface area contributed by atoms with E-state index in [-0.39, 0.29) is 6.10 Å². The molecule has 1 unspecified atom stereocenters. The lowest BCUT2D eigenvalue weighted by Gasteiger charge is -2.07. The second kappa shape index (κ2) is 7.67. The number of aliphatic carboxylic acids is 1. The van der Waals surface area contributed by atoms with Gasteiger partial charge < -0.3 is 10.2 Å². The average Bonchev–Trinajstić information content (AvgIpc) is 2.13. The Morgan fingerprint density at radius 1 is 1.22 bits per heavy atom. The van der Waals surface area contributed by atoms with Crippen molar-refractivity contribution in [3.63, 3.8) is 0 Å². The first-order chi connectivity index (χ1) is 8.23. The van der Waals surface area contributed by atoms with Crippen molar-refractivity contribution in [3.8, 4) is 0 Å². The second-order valence-corrected chi connectivity index (χ2v) is 4.43. The smallest absolute Gasteiger partial charge is 0.300 e. The van der Waals surface area contributed by atoms with Crippen LogP contribution in [0.25, 0.3) is 6.08 Å². The topological polar surface area (TPSA) is 57.5 Å². The minimum absolute atomic E-state index is 0.380. The SMILES string of the molecule is CC(=O)O.Cc1cc(C)c(/C=C/C(C)O)c(C)c1. The van der Waals surface area contributed by atoms with Gasteiger partial charge in [-0.15, -0.1) is 0 Å². The van der Waals surface area contributed by atoms with Gasteiger partial charge in [-0.05, 0) is 44.4 Å². The fourth-order valence-corrected chi connectivity index (χ4v) is 1.69. The summed E-state index contributed by atoms with van der Waals surface area (Å²) in [7, 11) is 0. The van der Waals surface area contributed by atoms with Crippen molar-refractivity contribution in [1.29, 1.82) is 0 Å². The molecule has 3 heteroatoms. The van der Waals surface area contributed by atoms with E-state index in [0.29, 0.717) is 0 Å². The maximum atomic E-state index is 9.16. The van der Waals surface area contributed by atoms with Crippen LogP contribution >= 0.6 is 0 Å². The van der Waals surface area contributed by atoms with E-state index in [1.54, 1.807) is 6.92 Å². The van der Waals surface area contributed by atoms with Gasteiger partial charge in [0.1, 0.15) is 0 Å². The van der Waals surface area contributed by atoms with Crippen molar-refractivity contribution in [2.75, 3.05) is 0 Å². The first-order valence-electron chi connectivity index (χ1n) is 5.87. The van der Waals surface area contributed by atoms with Crippen LogP contribution in [-0.2, 0) is 4.79 Å². The van der Waals surface area contributed by atoms with Crippen LogP contribution in [0.4, 0.5) is 0 Å². The number of aliphatic hydroxyl groups is 1. The molecule has 0 aliphatic carbocycles. The van der Waals surface area contributed by atoms with Gasteiger partial charge in [-0.3, -0.25) is 4.79 Å². The van der Waals surface area contributed by atoms with E-state index in [9.17, 15) is 0 Å². The molecule has 2 N–H and O–H groups in total. The van der Waals surface area contributed by atoms with Crippen molar-refractivity contribution in [2.45, 2.75) is 40.7 Å². The standard InChI is InChI=1S/C13H18O.C2H4O2/c1-9-7-10(2)13(11(3)8-9)6-5-12(4)14;1-2(3)4/h5-8,12,14H,1-4H3;1H3,(H,3,4)/b6-5+;. The highest BCUT2D eigenvalue weighted by Gasteiger charge is 2.00. The number of hydrogen-bond donors (Lipinski definition) is 2. The lowest BCUT2D eigenvalue weighted by atomic mass is 9.99. The monoisotopic (exact) mass is 250 g/mol. The van der Waals surface area contributed by atoms with Crippen LogP contribution in [-0.4, -0.2) is 22.3 Å². The van der Waals surface area contributed by atoms with E-state index in [0.717, 1.165) is 6.92 Å². The normalized spacial score (nSPS) is 11.9. The van der Waals surface area contributed by atoms with E-state index in [4.69, 9.17) is 15.0 Å². The van der Waals surface area contributed by atoms with Gasteiger partial charge in [0.15, 0.2) is 0 Å². The van der Waals surface area contributed by atoms with Gasteiger partial charge in [-0.1, -0.05) is 29.8 Å². The first-order valence-corrected chi connectivity index (χ1v) is 5.87. The number of aliphatic hydroxyl groups excluding tert-OH is 1. The third kappa shape index (κ3) is 6.86. The molecule has 0 bridgehead atoms. The Kier molecular flexibility index (Phi) is 6.98. The molecule has 3 nitrogen and oxygen atoms in total. The van der Waals surface area contributed by atoms with E-state index < -0.39 is 5.97 Å². The van der Waals surface area contributed by atoms with Crippen molar-refractivity contribution in [2.24, 2.45) is 0 Å². The lowest BCUT2D eigenvalue weighted by molar-refractivity contribution is -0.134. The van der Waals surface area contributed by atoms with Gasteiger partial charge in [0.2, 0.25) is 0 Å². The minimum Gasteiger partial charge on any atom is -0.481 e. The molecule has 18 heavy (non-hydrogen) atoms. The molecule has 1 aromatic rings. The summed E-state index contributed by atoms with van der Waals surface area (Å²) < 4.78 is 0. The van der Waals surface area contributed by atoms with E-state index in [1.165, 1.54) is 22.3 Å². The van der Waals surface area contributed by atoms with E-state index >= 15 is 0 Å². The van der Waals surface area contributed by atoms with E-state index in [1.807, 2.05) is 12.2 Å². The molecule has 1 aromatic carbocycles. The van der Waals surface area contributed by atoms with Crippen LogP contribution in [0.1, 0.15) is 36.1 Å². The highest BCUT2D eigenvalue weighted by molar-refractivity contribution is 5.63. The number of carboxylic acids is 1. The fraction of sp³-hybridized carbons (Fsp3) is 0.400. The average molecular weight is 250 g/mol. The number of aryl methyl sites for hydroxylation is 3. The van der Waals surface area contributed by atoms with Gasteiger partial charge >= 0.3 is 0 Å². The molecular weight excluding hydrogens is 228 g/mol. The maximum Gasteiger partial charge on any atom is 0.300 e. The van der Waals surface area contributed by atoms with Crippen molar-refractivity contribution in [1.82, 2.24) is 0 Å². The first kappa shape index (κ1) is 16.4. The molecule has 0 saturated heterocycles. The predicted molar refractivity (Wildman–Crippen MR) is 74.7 cm³/mol. The number of rotatable bonds is 2. The third-order valence-corrected chi connectivity index (χ3v) is 2.28. The largest absolute Gasteiger partial charge is 0.481 e. The van der Waals surface area contributed by atoms with Crippen LogP contribution < -0.4 is 0 Å². The molecule has 0 aliphatic heterocycles. The van der Waals surface area contributed by atoms with Gasteiger partial charge in [-0.25, -0.2) is 0 Å². The van der Waals surface area contributed by atoms with Crippen LogP contribution in [0.5, 0.6) is 0 Å². The summed E-state index contributed by atoms with van der Waals surface area (Å²) in [5, 5.41) is 16.6. The molecule has 0 heterocycles. The number of benzene rings is 1. The molecule has 1 atom stereocenters. The molecule has 0 amide bonds. The van der Waals surface area contributed by atoms with Gasteiger partial charge in [0.25, 0.3) is 5.97 Å². The molecule has 0 fully saturated rings. The fourth-order valence-electron chi connectivity index (χ4n) is 1.69. The van der Waals surface area contributed by atoms with Gasteiger partial charge in [0.05, 0.1) is 6.10 Å². The summed E-state index contributed by atoms with van der Waals surface area (Å²) in [6.07, 6.45) is 3.43. The third-order valence-electron chi connectivity index (χ3n) is 2.28. The maximum absolute atomic E-state index is 9.16. The molecule has 0 spiro atoms. The molecule has 0 aromatic heterocycles. The molecule has 1 rings (SSSR count). The van der Waals surface area contributed by atoms with Crippen molar-refractivity contribution >= 4 is 12.0 Å². The van der Waals surface area contributed by atoms with Crippen LogP contribution in [0, 0.1) is 20.8 Å². The molecule has 100 valence electrons. The van der Waals surface area contributed by atoms with Crippen LogP contribution in [0.15, 0.2) is 18.2 Å². The highest BCUT2D eigenvalue weighted by atomic mass is 16.4. The van der Waals surface area contributed by atoms with Crippen molar-refractivity contribution < 1.29 is 15.0 Å². The van der Waals surface area contributed by atoms with Crippen molar-refractivity contribution in [3.05, 3.63) is 40.5 Å². The summed E-state index contributed by atoms with van der Waals surface area (Å²) in [4.78, 5) is 9.00. The zero-order valence-electron chi connectivity index (χ0n) is 11.7. The molecule has 0 radical (unpaired) electrons. The summed E-state index contributed by atoms with van der Waals surface area (Å²) >= 11 is 0. The summed E-state index contributed by atoms with van der Waals surface area (Å²) in [5.74, 6) is -0.833. The predicted octanol–water partition coefficient (Wildman–Crippen LogP) is 3.10. The minimum atomic E-state index is -0.833. The highest BCUT2D eigenvalue weighted by Crippen LogP contribution is 2.17. The number of carboxylic acid groups (broad SMARTS) is 1. The quantitative estimate of drug-likeness (QED) is 0.848. The zero-order valence-corrected chi connectivity index (χ0v) is 11.7. The second-order valence-electron chi connectivity index (χ2n) is 4.43. The Labute approximate surface area is 109 Å². The molecule has 0 aliphatic rings. The number of hydrogen-bond acceptors (Lipinski definition) is 2. The molecule has 0 saturated carbocycles. The Morgan fingerprint density at radius 2 is 1.61 bits per heavy atom. The Balaban J connectivity index is 0.000000631. The van der Waals surface area contributed by atoms with Crippen LogP contribution in [0.3, 0.4) is 0 Å². The Hall–Kier alpha value is -1.61. The van der Waals surface area contributed by atoms with Gasteiger partial charge in [0, 0.05) is 6.92 Å². The number of carbonyl (C=O) groups is 1.